The molecule has 0 amide bonds. The number of fused-ring (bicyclic) bond motifs is 1. The average molecular weight is 394 g/mol. The number of nitrogens with zero attached hydrogens (tertiary/aromatic N) is 1. The van der Waals surface area contributed by atoms with Crippen LogP contribution in [0.4, 0.5) is 0 Å². The summed E-state index contributed by atoms with van der Waals surface area (Å²) in [6.07, 6.45) is 1.91. The first-order chi connectivity index (χ1) is 13.7. The van der Waals surface area contributed by atoms with Gasteiger partial charge < -0.3 is 19.2 Å². The topological polar surface area (TPSA) is 73.4 Å². The third-order valence-electron chi connectivity index (χ3n) is 4.48. The van der Waals surface area contributed by atoms with Gasteiger partial charge in [-0.05, 0) is 18.2 Å². The van der Waals surface area contributed by atoms with Crippen LogP contribution in [0.15, 0.2) is 48.0 Å². The summed E-state index contributed by atoms with van der Waals surface area (Å²) in [6, 6.07) is 11.3. The Morgan fingerprint density at radius 1 is 1.04 bits per heavy atom. The number of hydrogen-bond acceptors (Lipinski definition) is 6. The molecule has 0 radical (unpaired) electrons. The Morgan fingerprint density at radius 3 is 2.43 bits per heavy atom. The molecule has 0 saturated carbocycles. The number of aromatic nitrogens is 2. The van der Waals surface area contributed by atoms with Crippen molar-refractivity contribution in [2.24, 2.45) is 0 Å². The van der Waals surface area contributed by atoms with Crippen molar-refractivity contribution in [3.8, 4) is 27.8 Å². The molecule has 6 nitrogen and oxygen atoms in total. The van der Waals surface area contributed by atoms with Crippen molar-refractivity contribution in [3.63, 3.8) is 0 Å². The van der Waals surface area contributed by atoms with Gasteiger partial charge >= 0.3 is 0 Å². The second kappa shape index (κ2) is 7.36. The number of carbonyl (C=O) groups excluding carboxylic acids is 1. The lowest BCUT2D eigenvalue weighted by Gasteiger charge is -2.13. The third-order valence-corrected chi connectivity index (χ3v) is 5.36. The first kappa shape index (κ1) is 18.1. The summed E-state index contributed by atoms with van der Waals surface area (Å²) in [5.41, 5.74) is 2.81. The minimum atomic E-state index is -0.207. The molecule has 0 unspecified atom stereocenters. The maximum absolute atomic E-state index is 13.0. The fourth-order valence-electron chi connectivity index (χ4n) is 3.11. The zero-order chi connectivity index (χ0) is 19.7. The number of aromatic amines is 1. The highest BCUT2D eigenvalue weighted by atomic mass is 32.1. The highest BCUT2D eigenvalue weighted by molar-refractivity contribution is 7.13. The second-order valence-corrected chi connectivity index (χ2v) is 6.89. The molecule has 1 N–H and O–H groups in total. The van der Waals surface area contributed by atoms with E-state index in [1.165, 1.54) is 32.7 Å². The predicted octanol–water partition coefficient (Wildman–Crippen LogP) is 4.55. The first-order valence-electron chi connectivity index (χ1n) is 8.53. The largest absolute Gasteiger partial charge is 0.493 e. The van der Waals surface area contributed by atoms with E-state index in [9.17, 15) is 4.79 Å². The van der Waals surface area contributed by atoms with Gasteiger partial charge in [0.1, 0.15) is 10.7 Å². The molecule has 0 spiro atoms. The van der Waals surface area contributed by atoms with Gasteiger partial charge in [0, 0.05) is 33.6 Å². The maximum Gasteiger partial charge on any atom is 0.212 e. The molecule has 0 atom stereocenters. The number of rotatable bonds is 6. The van der Waals surface area contributed by atoms with Crippen molar-refractivity contribution in [2.75, 3.05) is 21.3 Å². The average Bonchev–Trinajstić information content (AvgIpc) is 3.38. The van der Waals surface area contributed by atoms with Crippen LogP contribution in [0.2, 0.25) is 0 Å². The third kappa shape index (κ3) is 2.99. The fraction of sp³-hybridized carbons (Fsp3) is 0.143. The summed E-state index contributed by atoms with van der Waals surface area (Å²) in [6.45, 7) is 0. The Labute approximate surface area is 165 Å². The van der Waals surface area contributed by atoms with Crippen LogP contribution in [0.5, 0.6) is 17.2 Å². The molecule has 7 heteroatoms. The van der Waals surface area contributed by atoms with Gasteiger partial charge in [-0.15, -0.1) is 11.3 Å². The van der Waals surface area contributed by atoms with E-state index in [4.69, 9.17) is 14.2 Å². The van der Waals surface area contributed by atoms with Crippen LogP contribution in [-0.4, -0.2) is 37.1 Å². The Bertz CT molecular complexity index is 1140. The molecule has 2 heterocycles. The molecule has 0 aliphatic rings. The molecular weight excluding hydrogens is 376 g/mol. The summed E-state index contributed by atoms with van der Waals surface area (Å²) in [7, 11) is 4.56. The van der Waals surface area contributed by atoms with Gasteiger partial charge in [-0.1, -0.05) is 18.2 Å². The summed E-state index contributed by atoms with van der Waals surface area (Å²) < 4.78 is 16.0. The van der Waals surface area contributed by atoms with Crippen LogP contribution in [0, 0.1) is 0 Å². The smallest absolute Gasteiger partial charge is 0.212 e. The van der Waals surface area contributed by atoms with E-state index < -0.39 is 0 Å². The van der Waals surface area contributed by atoms with E-state index >= 15 is 0 Å². The van der Waals surface area contributed by atoms with E-state index in [1.807, 2.05) is 30.5 Å². The van der Waals surface area contributed by atoms with Crippen LogP contribution >= 0.6 is 11.3 Å². The number of hydrogen-bond donors (Lipinski definition) is 1. The van der Waals surface area contributed by atoms with Crippen molar-refractivity contribution in [3.05, 3.63) is 59.2 Å². The molecule has 4 aromatic rings. The van der Waals surface area contributed by atoms with E-state index in [0.717, 1.165) is 21.5 Å². The molecule has 142 valence electrons. The Hall–Kier alpha value is -3.32. The predicted molar refractivity (Wildman–Crippen MR) is 109 cm³/mol. The van der Waals surface area contributed by atoms with Gasteiger partial charge in [-0.3, -0.25) is 4.79 Å². The number of ketones is 1. The minimum Gasteiger partial charge on any atom is -0.493 e. The number of H-pyrrole nitrogens is 1. The van der Waals surface area contributed by atoms with Crippen LogP contribution in [0.25, 0.3) is 21.5 Å². The molecule has 2 aromatic carbocycles. The molecule has 0 bridgehead atoms. The zero-order valence-corrected chi connectivity index (χ0v) is 16.4. The molecule has 0 aliphatic carbocycles. The van der Waals surface area contributed by atoms with Crippen LogP contribution in [-0.2, 0) is 0 Å². The molecule has 0 saturated heterocycles. The number of benzene rings is 2. The van der Waals surface area contributed by atoms with Gasteiger partial charge in [-0.2, -0.15) is 0 Å². The standard InChI is InChI=1S/C21H18N2O4S/c1-25-17-8-12(9-18(26-2)20(17)27-3)19(24)16-11-28-21(23-16)14-10-22-15-7-5-4-6-13(14)15/h4-11,22H,1-3H3. The van der Waals surface area contributed by atoms with Gasteiger partial charge in [-0.25, -0.2) is 4.98 Å². The van der Waals surface area contributed by atoms with Crippen molar-refractivity contribution < 1.29 is 19.0 Å². The Balaban J connectivity index is 1.72. The lowest BCUT2D eigenvalue weighted by Crippen LogP contribution is -2.04. The van der Waals surface area contributed by atoms with Gasteiger partial charge in [0.2, 0.25) is 11.5 Å². The Kier molecular flexibility index (Phi) is 4.75. The van der Waals surface area contributed by atoms with Gasteiger partial charge in [0.15, 0.2) is 11.5 Å². The number of nitrogens with one attached hydrogen (secondary N) is 1. The number of ether oxygens (including phenoxy) is 3. The monoisotopic (exact) mass is 394 g/mol. The van der Waals surface area contributed by atoms with E-state index in [1.54, 1.807) is 17.5 Å². The number of carbonyl (C=O) groups is 1. The number of methoxy groups -OCH3 is 3. The van der Waals surface area contributed by atoms with Crippen LogP contribution in [0.1, 0.15) is 16.1 Å². The summed E-state index contributed by atoms with van der Waals surface area (Å²) >= 11 is 1.43. The second-order valence-electron chi connectivity index (χ2n) is 6.03. The molecular formula is C21H18N2O4S. The van der Waals surface area contributed by atoms with Crippen LogP contribution in [0.3, 0.4) is 0 Å². The number of thiazole rings is 1. The molecule has 0 aliphatic heterocycles. The molecule has 28 heavy (non-hydrogen) atoms. The highest BCUT2D eigenvalue weighted by Gasteiger charge is 2.20. The zero-order valence-electron chi connectivity index (χ0n) is 15.6. The minimum absolute atomic E-state index is 0.207. The van der Waals surface area contributed by atoms with Crippen LogP contribution < -0.4 is 14.2 Å². The van der Waals surface area contributed by atoms with E-state index in [-0.39, 0.29) is 5.78 Å². The first-order valence-corrected chi connectivity index (χ1v) is 9.41. The van der Waals surface area contributed by atoms with Crippen molar-refractivity contribution in [1.82, 2.24) is 9.97 Å². The van der Waals surface area contributed by atoms with Crippen molar-refractivity contribution in [1.29, 1.82) is 0 Å². The van der Waals surface area contributed by atoms with Gasteiger partial charge in [0.05, 0.1) is 21.3 Å². The lowest BCUT2D eigenvalue weighted by molar-refractivity contribution is 0.103. The maximum atomic E-state index is 13.0. The lowest BCUT2D eigenvalue weighted by atomic mass is 10.1. The molecule has 0 fully saturated rings. The van der Waals surface area contributed by atoms with Crippen molar-refractivity contribution >= 4 is 28.0 Å². The summed E-state index contributed by atoms with van der Waals surface area (Å²) in [4.78, 5) is 20.8. The quantitative estimate of drug-likeness (QED) is 0.486. The summed E-state index contributed by atoms with van der Waals surface area (Å²) in [5.74, 6) is 1.09. The van der Waals surface area contributed by atoms with E-state index in [0.29, 0.717) is 28.5 Å². The number of para-hydroxylation sites is 1. The molecule has 2 aromatic heterocycles. The van der Waals surface area contributed by atoms with Crippen molar-refractivity contribution in [2.45, 2.75) is 0 Å². The Morgan fingerprint density at radius 2 is 1.75 bits per heavy atom. The SMILES string of the molecule is COc1cc(C(=O)c2csc(-c3c[nH]c4ccccc34)n2)cc(OC)c1OC. The summed E-state index contributed by atoms with van der Waals surface area (Å²) in [5, 5.41) is 3.62. The fourth-order valence-corrected chi connectivity index (χ4v) is 3.94. The molecule has 4 rings (SSSR count). The van der Waals surface area contributed by atoms with Gasteiger partial charge in [0.25, 0.3) is 0 Å². The normalized spacial score (nSPS) is 10.8. The highest BCUT2D eigenvalue weighted by Crippen LogP contribution is 2.39. The van der Waals surface area contributed by atoms with E-state index in [2.05, 4.69) is 9.97 Å².